The quantitative estimate of drug-likeness (QED) is 0.269. The second-order valence-electron chi connectivity index (χ2n) is 11.7. The highest BCUT2D eigenvalue weighted by Crippen LogP contribution is 2.40. The van der Waals surface area contributed by atoms with Crippen LogP contribution in [0.2, 0.25) is 0 Å². The molecule has 4 aromatic rings. The van der Waals surface area contributed by atoms with Crippen LogP contribution in [0.25, 0.3) is 15.9 Å². The van der Waals surface area contributed by atoms with E-state index in [9.17, 15) is 9.90 Å². The lowest BCUT2D eigenvalue weighted by Crippen LogP contribution is -2.66. The van der Waals surface area contributed by atoms with Gasteiger partial charge in [0.1, 0.15) is 47.3 Å². The van der Waals surface area contributed by atoms with Crippen LogP contribution < -0.4 is 15.6 Å². The maximum atomic E-state index is 12.6. The Hall–Kier alpha value is -3.66. The van der Waals surface area contributed by atoms with Crippen molar-refractivity contribution in [1.82, 2.24) is 30.6 Å². The van der Waals surface area contributed by atoms with Crippen molar-refractivity contribution in [3.05, 3.63) is 64.7 Å². The number of fused-ring (bicyclic) bond motifs is 2. The minimum Gasteiger partial charge on any atom is -0.494 e. The van der Waals surface area contributed by atoms with Crippen molar-refractivity contribution in [3.8, 4) is 11.4 Å². The molecule has 2 saturated heterocycles. The summed E-state index contributed by atoms with van der Waals surface area (Å²) in [4.78, 5) is 21.9. The average molecular weight is 625 g/mol. The van der Waals surface area contributed by atoms with Gasteiger partial charge in [-0.2, -0.15) is 5.10 Å². The van der Waals surface area contributed by atoms with Crippen molar-refractivity contribution >= 4 is 27.6 Å². The molecule has 0 bridgehead atoms. The second-order valence-corrected chi connectivity index (χ2v) is 12.9. The molecule has 1 amide bonds. The zero-order valence-electron chi connectivity index (χ0n) is 25.3. The van der Waals surface area contributed by atoms with Crippen molar-refractivity contribution in [2.24, 2.45) is 0 Å². The summed E-state index contributed by atoms with van der Waals surface area (Å²) < 4.78 is 32.6. The Morgan fingerprint density at radius 2 is 1.91 bits per heavy atom. The van der Waals surface area contributed by atoms with Crippen molar-refractivity contribution in [2.75, 3.05) is 13.7 Å². The van der Waals surface area contributed by atoms with Gasteiger partial charge in [-0.1, -0.05) is 30.3 Å². The van der Waals surface area contributed by atoms with Gasteiger partial charge in [0.15, 0.2) is 12.1 Å². The van der Waals surface area contributed by atoms with Crippen LogP contribution in [0, 0.1) is 13.8 Å². The number of thiazole rings is 1. The van der Waals surface area contributed by atoms with Crippen molar-refractivity contribution in [2.45, 2.75) is 77.0 Å². The van der Waals surface area contributed by atoms with E-state index in [4.69, 9.17) is 23.7 Å². The summed E-state index contributed by atoms with van der Waals surface area (Å²) in [5, 5.41) is 17.5. The number of aryl methyl sites for hydroxylation is 2. The Morgan fingerprint density at radius 1 is 1.14 bits per heavy atom. The van der Waals surface area contributed by atoms with Gasteiger partial charge in [0.2, 0.25) is 0 Å². The van der Waals surface area contributed by atoms with Crippen molar-refractivity contribution in [1.29, 1.82) is 0 Å². The summed E-state index contributed by atoms with van der Waals surface area (Å²) in [5.74, 6) is 1.35. The molecular formula is C30H36N6O7S. The molecule has 0 radical (unpaired) electrons. The lowest BCUT2D eigenvalue weighted by Gasteiger charge is -2.48. The Kier molecular flexibility index (Phi) is 8.30. The van der Waals surface area contributed by atoms with Gasteiger partial charge in [0, 0.05) is 11.6 Å². The monoisotopic (exact) mass is 624 g/mol. The third-order valence-electron chi connectivity index (χ3n) is 7.24. The van der Waals surface area contributed by atoms with Crippen LogP contribution in [0.5, 0.6) is 5.75 Å². The Bertz CT molecular complexity index is 1640. The van der Waals surface area contributed by atoms with Crippen molar-refractivity contribution in [3.63, 3.8) is 0 Å². The van der Waals surface area contributed by atoms with E-state index < -0.39 is 48.4 Å². The molecule has 2 aliphatic heterocycles. The van der Waals surface area contributed by atoms with Gasteiger partial charge < -0.3 is 28.8 Å². The summed E-state index contributed by atoms with van der Waals surface area (Å²) in [5.41, 5.74) is 7.06. The molecular weight excluding hydrogens is 588 g/mol. The molecule has 2 aliphatic rings. The van der Waals surface area contributed by atoms with Gasteiger partial charge in [-0.25, -0.2) is 24.9 Å². The van der Waals surface area contributed by atoms with Crippen LogP contribution in [0.4, 0.5) is 4.79 Å². The number of hydrogen-bond acceptors (Lipinski definition) is 12. The summed E-state index contributed by atoms with van der Waals surface area (Å²) in [6, 6.07) is 12.4. The predicted molar refractivity (Wildman–Crippen MR) is 160 cm³/mol. The molecule has 0 saturated carbocycles. The molecule has 234 valence electrons. The predicted octanol–water partition coefficient (Wildman–Crippen LogP) is 3.82. The van der Waals surface area contributed by atoms with Gasteiger partial charge in [-0.15, -0.1) is 11.3 Å². The highest BCUT2D eigenvalue weighted by atomic mass is 32.1. The normalized spacial score (nSPS) is 25.4. The molecule has 4 unspecified atom stereocenters. The lowest BCUT2D eigenvalue weighted by molar-refractivity contribution is -0.313. The molecule has 13 nitrogen and oxygen atoms in total. The molecule has 3 N–H and O–H groups in total. The SMILES string of the molecule is COc1cc2nc(C)sc2cc1-n1nc(C)nc1[C@@H]1OC2COC(c3ccccc3)O[C@@H]2C(NNC(=O)OC(C)(C)C)C1O. The van der Waals surface area contributed by atoms with E-state index in [0.717, 1.165) is 20.8 Å². The smallest absolute Gasteiger partial charge is 0.422 e. The molecule has 0 spiro atoms. The topological polar surface area (TPSA) is 151 Å². The van der Waals surface area contributed by atoms with Crippen LogP contribution in [-0.4, -0.2) is 74.6 Å². The highest BCUT2D eigenvalue weighted by Gasteiger charge is 2.51. The van der Waals surface area contributed by atoms with Crippen molar-refractivity contribution < 1.29 is 33.6 Å². The third kappa shape index (κ3) is 6.14. The van der Waals surface area contributed by atoms with E-state index in [1.165, 1.54) is 0 Å². The molecule has 2 aromatic heterocycles. The lowest BCUT2D eigenvalue weighted by atomic mass is 9.91. The Labute approximate surface area is 258 Å². The third-order valence-corrected chi connectivity index (χ3v) is 8.17. The number of ether oxygens (including phenoxy) is 5. The number of rotatable bonds is 6. The summed E-state index contributed by atoms with van der Waals surface area (Å²) in [7, 11) is 1.58. The first-order valence-corrected chi connectivity index (χ1v) is 15.1. The zero-order valence-corrected chi connectivity index (χ0v) is 26.1. The first kappa shape index (κ1) is 30.4. The maximum Gasteiger partial charge on any atom is 0.422 e. The standard InChI is InChI=1S/C30H36N6O7S/c1-15-31-27(36(35-15)19-13-22-18(12-20(19)39-6)32-16(2)44-22)26-24(37)23(33-34-29(38)43-30(3,4)5)25-21(41-26)14-40-28(42-25)17-10-8-7-9-11-17/h7-13,21,23-26,28,33,37H,14H2,1-6H3,(H,34,38)/t21?,23?,24?,25-,26+,28?/m0/s1. The highest BCUT2D eigenvalue weighted by molar-refractivity contribution is 7.18. The fraction of sp³-hybridized carbons (Fsp3) is 0.467. The van der Waals surface area contributed by atoms with E-state index in [1.807, 2.05) is 49.4 Å². The van der Waals surface area contributed by atoms with Gasteiger partial charge in [0.25, 0.3) is 0 Å². The largest absolute Gasteiger partial charge is 0.494 e. The number of aromatic nitrogens is 4. The van der Waals surface area contributed by atoms with Crippen LogP contribution in [0.15, 0.2) is 42.5 Å². The number of carbonyl (C=O) groups is 1. The minimum atomic E-state index is -1.25. The number of hydrazine groups is 1. The van der Waals surface area contributed by atoms with Crippen LogP contribution in [0.3, 0.4) is 0 Å². The van der Waals surface area contributed by atoms with E-state index in [0.29, 0.717) is 23.1 Å². The number of methoxy groups -OCH3 is 1. The zero-order chi connectivity index (χ0) is 31.2. The molecule has 2 fully saturated rings. The molecule has 4 heterocycles. The average Bonchev–Trinajstić information content (AvgIpc) is 3.55. The summed E-state index contributed by atoms with van der Waals surface area (Å²) >= 11 is 1.55. The number of hydrogen-bond donors (Lipinski definition) is 3. The second kappa shape index (κ2) is 12.0. The maximum absolute atomic E-state index is 12.6. The van der Waals surface area contributed by atoms with Gasteiger partial charge in [0.05, 0.1) is 35.0 Å². The number of carbonyl (C=O) groups excluding carboxylic acids is 1. The fourth-order valence-electron chi connectivity index (χ4n) is 5.42. The Balaban J connectivity index is 1.35. The summed E-state index contributed by atoms with van der Waals surface area (Å²) in [6.07, 6.45) is -4.96. The van der Waals surface area contributed by atoms with Crippen LogP contribution >= 0.6 is 11.3 Å². The Morgan fingerprint density at radius 3 is 2.64 bits per heavy atom. The number of nitrogens with zero attached hydrogens (tertiary/aromatic N) is 4. The molecule has 6 atom stereocenters. The van der Waals surface area contributed by atoms with Gasteiger partial charge in [-0.3, -0.25) is 5.43 Å². The van der Waals surface area contributed by atoms with Gasteiger partial charge >= 0.3 is 6.09 Å². The first-order chi connectivity index (χ1) is 21.0. The van der Waals surface area contributed by atoms with E-state index in [-0.39, 0.29) is 6.61 Å². The van der Waals surface area contributed by atoms with Crippen LogP contribution in [-0.2, 0) is 18.9 Å². The van der Waals surface area contributed by atoms with E-state index >= 15 is 0 Å². The van der Waals surface area contributed by atoms with Crippen LogP contribution in [0.1, 0.15) is 55.4 Å². The first-order valence-electron chi connectivity index (χ1n) is 14.3. The fourth-order valence-corrected chi connectivity index (χ4v) is 6.27. The molecule has 0 aliphatic carbocycles. The molecule has 14 heteroatoms. The summed E-state index contributed by atoms with van der Waals surface area (Å²) in [6.45, 7) is 9.17. The number of benzene rings is 2. The number of amides is 1. The minimum absolute atomic E-state index is 0.167. The van der Waals surface area contributed by atoms with Gasteiger partial charge in [-0.05, 0) is 40.7 Å². The molecule has 2 aromatic carbocycles. The van der Waals surface area contributed by atoms with E-state index in [1.54, 1.807) is 50.8 Å². The number of aliphatic hydroxyl groups is 1. The molecule has 44 heavy (non-hydrogen) atoms. The van der Waals surface area contributed by atoms with E-state index in [2.05, 4.69) is 25.9 Å². The number of aliphatic hydroxyl groups excluding tert-OH is 1. The number of nitrogens with one attached hydrogen (secondary N) is 2. The molecule has 6 rings (SSSR count).